The van der Waals surface area contributed by atoms with Crippen molar-refractivity contribution in [3.05, 3.63) is 40.3 Å². The van der Waals surface area contributed by atoms with Crippen LogP contribution < -0.4 is 10.1 Å². The Labute approximate surface area is 218 Å². The van der Waals surface area contributed by atoms with Crippen LogP contribution in [0.1, 0.15) is 54.9 Å². The van der Waals surface area contributed by atoms with Crippen LogP contribution in [0.5, 0.6) is 5.75 Å². The Morgan fingerprint density at radius 3 is 2.72 bits per heavy atom. The molecule has 0 saturated heterocycles. The highest BCUT2D eigenvalue weighted by Crippen LogP contribution is 2.29. The average molecular weight is 515 g/mol. The highest BCUT2D eigenvalue weighted by molar-refractivity contribution is 7.09. The number of fused-ring (bicyclic) bond motifs is 1. The first-order valence-electron chi connectivity index (χ1n) is 12.8. The fourth-order valence-electron chi connectivity index (χ4n) is 5.09. The minimum absolute atomic E-state index is 0.0297. The van der Waals surface area contributed by atoms with Gasteiger partial charge < -0.3 is 19.7 Å². The van der Waals surface area contributed by atoms with Crippen molar-refractivity contribution in [3.63, 3.8) is 0 Å². The number of thiazole rings is 1. The third-order valence-electron chi connectivity index (χ3n) is 7.39. The summed E-state index contributed by atoms with van der Waals surface area (Å²) in [5.41, 5.74) is 1.07. The maximum absolute atomic E-state index is 13.5. The number of ether oxygens (including phenoxy) is 2. The molecular formula is C27H38N4O4S. The molecule has 8 nitrogen and oxygen atoms in total. The van der Waals surface area contributed by atoms with E-state index in [4.69, 9.17) is 9.47 Å². The van der Waals surface area contributed by atoms with Gasteiger partial charge in [0.2, 0.25) is 5.91 Å². The predicted octanol–water partition coefficient (Wildman–Crippen LogP) is 4.28. The van der Waals surface area contributed by atoms with Crippen molar-refractivity contribution in [1.82, 2.24) is 14.8 Å². The Bertz CT molecular complexity index is 1020. The molecule has 0 unspecified atom stereocenters. The number of amides is 2. The fourth-order valence-corrected chi connectivity index (χ4v) is 5.73. The average Bonchev–Trinajstić information content (AvgIpc) is 3.59. The highest BCUT2D eigenvalue weighted by Gasteiger charge is 2.29. The number of anilines is 1. The Morgan fingerprint density at radius 1 is 1.25 bits per heavy atom. The number of aromatic nitrogens is 1. The SMILES string of the molecule is CO[C@@H]1CN(C)C(=O)c2cc(NC(=O)C3CCCC3)ccc2OC[C@@H](C)N(Cc2nccs2)C[C@H]1C. The molecule has 196 valence electrons. The lowest BCUT2D eigenvalue weighted by Crippen LogP contribution is -2.46. The van der Waals surface area contributed by atoms with E-state index in [0.29, 0.717) is 30.2 Å². The van der Waals surface area contributed by atoms with Crippen LogP contribution in [-0.2, 0) is 16.1 Å². The third kappa shape index (κ3) is 6.44. The quantitative estimate of drug-likeness (QED) is 0.641. The van der Waals surface area contributed by atoms with Crippen molar-refractivity contribution in [2.75, 3.05) is 39.2 Å². The lowest BCUT2D eigenvalue weighted by Gasteiger charge is -2.35. The first-order valence-corrected chi connectivity index (χ1v) is 13.7. The summed E-state index contributed by atoms with van der Waals surface area (Å²) < 4.78 is 12.1. The molecule has 2 aromatic rings. The molecule has 36 heavy (non-hydrogen) atoms. The molecule has 3 atom stereocenters. The largest absolute Gasteiger partial charge is 0.491 e. The van der Waals surface area contributed by atoms with Crippen molar-refractivity contribution in [2.45, 2.75) is 58.2 Å². The molecule has 2 heterocycles. The van der Waals surface area contributed by atoms with Gasteiger partial charge in [0.05, 0.1) is 18.2 Å². The first kappa shape index (κ1) is 26.6. The number of carbonyl (C=O) groups is 2. The predicted molar refractivity (Wildman–Crippen MR) is 141 cm³/mol. The van der Waals surface area contributed by atoms with Gasteiger partial charge >= 0.3 is 0 Å². The lowest BCUT2D eigenvalue weighted by molar-refractivity contribution is -0.119. The molecule has 0 radical (unpaired) electrons. The van der Waals surface area contributed by atoms with Crippen LogP contribution in [0, 0.1) is 11.8 Å². The number of benzene rings is 1. The zero-order valence-corrected chi connectivity index (χ0v) is 22.6. The van der Waals surface area contributed by atoms with Crippen LogP contribution in [-0.4, -0.2) is 72.6 Å². The summed E-state index contributed by atoms with van der Waals surface area (Å²) in [4.78, 5) is 34.8. The Kier molecular flexibility index (Phi) is 8.98. The van der Waals surface area contributed by atoms with Gasteiger partial charge in [0.1, 0.15) is 17.4 Å². The van der Waals surface area contributed by atoms with E-state index in [1.165, 1.54) is 0 Å². The van der Waals surface area contributed by atoms with Crippen LogP contribution in [0.4, 0.5) is 5.69 Å². The smallest absolute Gasteiger partial charge is 0.257 e. The van der Waals surface area contributed by atoms with Crippen LogP contribution in [0.15, 0.2) is 29.8 Å². The van der Waals surface area contributed by atoms with Gasteiger partial charge in [-0.2, -0.15) is 0 Å². The number of likely N-dealkylation sites (N-methyl/N-ethyl adjacent to an activating group) is 1. The first-order chi connectivity index (χ1) is 17.4. The molecule has 1 saturated carbocycles. The van der Waals surface area contributed by atoms with Gasteiger partial charge in [0.25, 0.3) is 5.91 Å². The van der Waals surface area contributed by atoms with E-state index in [1.54, 1.807) is 42.5 Å². The van der Waals surface area contributed by atoms with Gasteiger partial charge in [-0.05, 0) is 43.9 Å². The van der Waals surface area contributed by atoms with Gasteiger partial charge in [-0.15, -0.1) is 11.3 Å². The summed E-state index contributed by atoms with van der Waals surface area (Å²) in [6.07, 6.45) is 5.74. The van der Waals surface area contributed by atoms with Gasteiger partial charge in [0.15, 0.2) is 0 Å². The zero-order chi connectivity index (χ0) is 25.7. The van der Waals surface area contributed by atoms with Crippen molar-refractivity contribution < 1.29 is 19.1 Å². The topological polar surface area (TPSA) is 84.0 Å². The molecule has 2 aliphatic rings. The minimum atomic E-state index is -0.149. The third-order valence-corrected chi connectivity index (χ3v) is 8.15. The van der Waals surface area contributed by atoms with Crippen molar-refractivity contribution >= 4 is 28.8 Å². The standard InChI is InChI=1S/C27H38N4O4S/c1-18-14-31(16-25-28-11-12-36-25)19(2)17-35-23-10-9-21(29-26(32)20-7-5-6-8-20)13-22(23)27(33)30(3)15-24(18)34-4/h9-13,18-20,24H,5-8,14-17H2,1-4H3,(H,29,32)/t18-,19-,24-/m1/s1. The van der Waals surface area contributed by atoms with E-state index in [9.17, 15) is 9.59 Å². The Morgan fingerprint density at radius 2 is 2.03 bits per heavy atom. The molecule has 1 N–H and O–H groups in total. The van der Waals surface area contributed by atoms with Crippen LogP contribution in [0.2, 0.25) is 0 Å². The minimum Gasteiger partial charge on any atom is -0.491 e. The Hall–Kier alpha value is -2.49. The van der Waals surface area contributed by atoms with E-state index >= 15 is 0 Å². The summed E-state index contributed by atoms with van der Waals surface area (Å²) in [6, 6.07) is 5.46. The molecule has 4 rings (SSSR count). The molecule has 0 spiro atoms. The van der Waals surface area contributed by atoms with Crippen molar-refractivity contribution in [1.29, 1.82) is 0 Å². The molecule has 1 aliphatic heterocycles. The molecule has 1 aromatic carbocycles. The molecular weight excluding hydrogens is 476 g/mol. The molecule has 2 amide bonds. The highest BCUT2D eigenvalue weighted by atomic mass is 32.1. The lowest BCUT2D eigenvalue weighted by atomic mass is 10.0. The second-order valence-electron chi connectivity index (χ2n) is 10.1. The van der Waals surface area contributed by atoms with E-state index in [0.717, 1.165) is 43.8 Å². The fraction of sp³-hybridized carbons (Fsp3) is 0.593. The maximum atomic E-state index is 13.5. The summed E-state index contributed by atoms with van der Waals surface area (Å²) >= 11 is 1.65. The normalized spacial score (nSPS) is 24.5. The number of hydrogen-bond donors (Lipinski definition) is 1. The Balaban J connectivity index is 1.60. The van der Waals surface area contributed by atoms with Crippen LogP contribution in [0.25, 0.3) is 0 Å². The second-order valence-corrected chi connectivity index (χ2v) is 11.1. The van der Waals surface area contributed by atoms with Crippen molar-refractivity contribution in [3.8, 4) is 5.75 Å². The van der Waals surface area contributed by atoms with Crippen LogP contribution >= 0.6 is 11.3 Å². The van der Waals surface area contributed by atoms with Gasteiger partial charge in [-0.25, -0.2) is 4.98 Å². The second kappa shape index (κ2) is 12.2. The number of nitrogens with zero attached hydrogens (tertiary/aromatic N) is 3. The number of rotatable bonds is 5. The number of nitrogens with one attached hydrogen (secondary N) is 1. The molecule has 1 aliphatic carbocycles. The number of methoxy groups -OCH3 is 1. The monoisotopic (exact) mass is 514 g/mol. The molecule has 9 heteroatoms. The van der Waals surface area contributed by atoms with Gasteiger partial charge in [-0.1, -0.05) is 19.8 Å². The van der Waals surface area contributed by atoms with E-state index < -0.39 is 0 Å². The van der Waals surface area contributed by atoms with Crippen molar-refractivity contribution in [2.24, 2.45) is 11.8 Å². The summed E-state index contributed by atoms with van der Waals surface area (Å²) in [6.45, 7) is 6.70. The van der Waals surface area contributed by atoms with Gasteiger partial charge in [-0.3, -0.25) is 14.5 Å². The summed E-state index contributed by atoms with van der Waals surface area (Å²) in [5.74, 6) is 0.637. The van der Waals surface area contributed by atoms with E-state index in [2.05, 4.69) is 29.0 Å². The summed E-state index contributed by atoms with van der Waals surface area (Å²) in [7, 11) is 3.49. The number of carbonyl (C=O) groups excluding carboxylic acids is 2. The summed E-state index contributed by atoms with van der Waals surface area (Å²) in [5, 5.41) is 6.07. The number of hydrogen-bond acceptors (Lipinski definition) is 7. The zero-order valence-electron chi connectivity index (χ0n) is 21.7. The molecule has 1 fully saturated rings. The van der Waals surface area contributed by atoms with Crippen LogP contribution in [0.3, 0.4) is 0 Å². The van der Waals surface area contributed by atoms with E-state index in [1.807, 2.05) is 17.6 Å². The molecule has 0 bridgehead atoms. The molecule has 1 aromatic heterocycles. The maximum Gasteiger partial charge on any atom is 0.257 e. The van der Waals surface area contributed by atoms with E-state index in [-0.39, 0.29) is 35.8 Å². The van der Waals surface area contributed by atoms with Gasteiger partial charge in [0, 0.05) is 56.5 Å².